The number of rotatable bonds is 5. The lowest BCUT2D eigenvalue weighted by molar-refractivity contribution is 0.0504. The van der Waals surface area contributed by atoms with Crippen molar-refractivity contribution in [1.82, 2.24) is 5.32 Å². The third kappa shape index (κ3) is 6.05. The second-order valence-electron chi connectivity index (χ2n) is 5.82. The second kappa shape index (κ2) is 7.63. The molecule has 1 amide bonds. The highest BCUT2D eigenvalue weighted by atomic mass is 35.5. The van der Waals surface area contributed by atoms with E-state index in [9.17, 15) is 13.6 Å². The second-order valence-corrected chi connectivity index (χ2v) is 6.09. The smallest absolute Gasteiger partial charge is 0.407 e. The third-order valence-electron chi connectivity index (χ3n) is 2.48. The van der Waals surface area contributed by atoms with Gasteiger partial charge in [-0.25, -0.2) is 13.6 Å². The number of hydrogen-bond acceptors (Lipinski definition) is 3. The molecule has 1 atom stereocenters. The maximum absolute atomic E-state index is 13.7. The Bertz CT molecular complexity index is 532. The summed E-state index contributed by atoms with van der Waals surface area (Å²) in [6.45, 7) is 6.97. The maximum atomic E-state index is 13.7. The van der Waals surface area contributed by atoms with Gasteiger partial charge in [0.15, 0.2) is 11.6 Å². The van der Waals surface area contributed by atoms with Crippen LogP contribution in [0.15, 0.2) is 12.1 Å². The van der Waals surface area contributed by atoms with Gasteiger partial charge in [-0.2, -0.15) is 0 Å². The zero-order chi connectivity index (χ0) is 16.9. The van der Waals surface area contributed by atoms with Gasteiger partial charge in [-0.1, -0.05) is 0 Å². The van der Waals surface area contributed by atoms with E-state index in [2.05, 4.69) is 5.32 Å². The molecule has 1 aromatic carbocycles. The lowest BCUT2D eigenvalue weighted by Gasteiger charge is -2.21. The Kier molecular flexibility index (Phi) is 6.41. The van der Waals surface area contributed by atoms with Crippen molar-refractivity contribution in [3.05, 3.63) is 29.3 Å². The van der Waals surface area contributed by atoms with Crippen molar-refractivity contribution in [2.24, 2.45) is 0 Å². The largest absolute Gasteiger partial charge is 0.485 e. The number of alkyl carbamates (subject to hydrolysis) is 1. The van der Waals surface area contributed by atoms with Crippen molar-refractivity contribution < 1.29 is 23.0 Å². The summed E-state index contributed by atoms with van der Waals surface area (Å²) in [7, 11) is 0. The van der Waals surface area contributed by atoms with Crippen LogP contribution in [-0.4, -0.2) is 24.3 Å². The Hall–Kier alpha value is -1.56. The summed E-state index contributed by atoms with van der Waals surface area (Å²) in [4.78, 5) is 11.5. The van der Waals surface area contributed by atoms with Crippen LogP contribution < -0.4 is 10.1 Å². The van der Waals surface area contributed by atoms with E-state index in [4.69, 9.17) is 21.1 Å². The molecule has 0 fully saturated rings. The Labute approximate surface area is 133 Å². The van der Waals surface area contributed by atoms with E-state index in [-0.39, 0.29) is 23.7 Å². The van der Waals surface area contributed by atoms with E-state index >= 15 is 0 Å². The number of ether oxygens (including phenoxy) is 2. The zero-order valence-electron chi connectivity index (χ0n) is 13.0. The topological polar surface area (TPSA) is 47.6 Å². The standard InChI is InChI=1S/C15H20ClF2NO3/c1-9(8-19-14(20)22-15(2,3)4)21-13-10(7-16)5-11(17)6-12(13)18/h5-6,9H,7-8H2,1-4H3,(H,19,20)/t9-/m0/s1. The van der Waals surface area contributed by atoms with Gasteiger partial charge in [0.25, 0.3) is 0 Å². The predicted octanol–water partition coefficient (Wildman–Crippen LogP) is 4.00. The van der Waals surface area contributed by atoms with Crippen LogP contribution in [0.3, 0.4) is 0 Å². The van der Waals surface area contributed by atoms with E-state index < -0.39 is 29.4 Å². The molecule has 1 aromatic rings. The molecule has 0 heterocycles. The molecule has 0 spiro atoms. The molecule has 0 saturated carbocycles. The Morgan fingerprint density at radius 3 is 2.55 bits per heavy atom. The summed E-state index contributed by atoms with van der Waals surface area (Å²) < 4.78 is 37.3. The summed E-state index contributed by atoms with van der Waals surface area (Å²) in [6.07, 6.45) is -1.14. The molecule has 0 unspecified atom stereocenters. The molecule has 22 heavy (non-hydrogen) atoms. The van der Waals surface area contributed by atoms with Crippen molar-refractivity contribution in [2.75, 3.05) is 6.54 Å². The first-order valence-corrected chi connectivity index (χ1v) is 7.33. The minimum absolute atomic E-state index is 0.0871. The summed E-state index contributed by atoms with van der Waals surface area (Å²) in [6, 6.07) is 1.83. The Morgan fingerprint density at radius 1 is 1.36 bits per heavy atom. The van der Waals surface area contributed by atoms with Crippen LogP contribution in [0.4, 0.5) is 13.6 Å². The maximum Gasteiger partial charge on any atom is 0.407 e. The van der Waals surface area contributed by atoms with Crippen LogP contribution in [0, 0.1) is 11.6 Å². The molecular weight excluding hydrogens is 316 g/mol. The van der Waals surface area contributed by atoms with Crippen molar-refractivity contribution in [3.8, 4) is 5.75 Å². The molecule has 1 rings (SSSR count). The van der Waals surface area contributed by atoms with E-state index in [0.29, 0.717) is 0 Å². The van der Waals surface area contributed by atoms with E-state index in [1.54, 1.807) is 27.7 Å². The number of hydrogen-bond donors (Lipinski definition) is 1. The van der Waals surface area contributed by atoms with Crippen molar-refractivity contribution in [1.29, 1.82) is 0 Å². The number of carbonyl (C=O) groups is 1. The zero-order valence-corrected chi connectivity index (χ0v) is 13.8. The summed E-state index contributed by atoms with van der Waals surface area (Å²) >= 11 is 5.66. The number of nitrogens with one attached hydrogen (secondary N) is 1. The molecule has 0 aliphatic carbocycles. The average molecular weight is 336 g/mol. The van der Waals surface area contributed by atoms with Gasteiger partial charge in [-0.15, -0.1) is 11.6 Å². The fraction of sp³-hybridized carbons (Fsp3) is 0.533. The van der Waals surface area contributed by atoms with E-state index in [0.717, 1.165) is 12.1 Å². The lowest BCUT2D eigenvalue weighted by atomic mass is 10.2. The monoisotopic (exact) mass is 335 g/mol. The highest BCUT2D eigenvalue weighted by molar-refractivity contribution is 6.17. The SMILES string of the molecule is C[C@@H](CNC(=O)OC(C)(C)C)Oc1c(F)cc(F)cc1CCl. The first-order chi connectivity index (χ1) is 10.1. The number of halogens is 3. The third-order valence-corrected chi connectivity index (χ3v) is 2.77. The first-order valence-electron chi connectivity index (χ1n) is 6.79. The molecule has 124 valence electrons. The van der Waals surface area contributed by atoms with Crippen LogP contribution >= 0.6 is 11.6 Å². The normalized spacial score (nSPS) is 12.7. The lowest BCUT2D eigenvalue weighted by Crippen LogP contribution is -2.37. The molecule has 1 N–H and O–H groups in total. The molecule has 0 bridgehead atoms. The predicted molar refractivity (Wildman–Crippen MR) is 80.2 cm³/mol. The van der Waals surface area contributed by atoms with Crippen molar-refractivity contribution in [2.45, 2.75) is 45.3 Å². The number of amides is 1. The van der Waals surface area contributed by atoms with Gasteiger partial charge in [0.2, 0.25) is 0 Å². The molecule has 0 saturated heterocycles. The van der Waals surface area contributed by atoms with E-state index in [1.807, 2.05) is 0 Å². The van der Waals surface area contributed by atoms with Crippen LogP contribution in [0.1, 0.15) is 33.3 Å². The summed E-state index contributed by atoms with van der Waals surface area (Å²) in [5, 5.41) is 2.51. The van der Waals surface area contributed by atoms with Crippen LogP contribution in [0.2, 0.25) is 0 Å². The molecule has 0 aliphatic rings. The fourth-order valence-electron chi connectivity index (χ4n) is 1.63. The van der Waals surface area contributed by atoms with Crippen molar-refractivity contribution in [3.63, 3.8) is 0 Å². The molecule has 0 aliphatic heterocycles. The van der Waals surface area contributed by atoms with Crippen molar-refractivity contribution >= 4 is 17.7 Å². The Morgan fingerprint density at radius 2 is 2.00 bits per heavy atom. The first kappa shape index (κ1) is 18.5. The molecule has 4 nitrogen and oxygen atoms in total. The fourth-order valence-corrected chi connectivity index (χ4v) is 1.83. The Balaban J connectivity index is 2.63. The highest BCUT2D eigenvalue weighted by Crippen LogP contribution is 2.26. The minimum Gasteiger partial charge on any atom is -0.485 e. The van der Waals surface area contributed by atoms with Gasteiger partial charge in [-0.05, 0) is 33.8 Å². The molecular formula is C15H20ClF2NO3. The van der Waals surface area contributed by atoms with Gasteiger partial charge in [-0.3, -0.25) is 0 Å². The van der Waals surface area contributed by atoms with Gasteiger partial charge in [0.05, 0.1) is 12.4 Å². The van der Waals surface area contributed by atoms with E-state index in [1.165, 1.54) is 0 Å². The minimum atomic E-state index is -0.834. The molecule has 0 radical (unpaired) electrons. The van der Waals surface area contributed by atoms with Crippen LogP contribution in [-0.2, 0) is 10.6 Å². The molecule has 0 aromatic heterocycles. The summed E-state index contributed by atoms with van der Waals surface area (Å²) in [5.41, 5.74) is -0.397. The average Bonchev–Trinajstić information content (AvgIpc) is 2.37. The number of benzene rings is 1. The number of carbonyl (C=O) groups excluding carboxylic acids is 1. The quantitative estimate of drug-likeness (QED) is 0.827. The van der Waals surface area contributed by atoms with Gasteiger partial charge in [0.1, 0.15) is 17.5 Å². The van der Waals surface area contributed by atoms with Gasteiger partial charge in [0, 0.05) is 11.6 Å². The van der Waals surface area contributed by atoms with Crippen LogP contribution in [0.5, 0.6) is 5.75 Å². The van der Waals surface area contributed by atoms with Gasteiger partial charge < -0.3 is 14.8 Å². The van der Waals surface area contributed by atoms with Gasteiger partial charge >= 0.3 is 6.09 Å². The highest BCUT2D eigenvalue weighted by Gasteiger charge is 2.18. The summed E-state index contributed by atoms with van der Waals surface area (Å²) in [5.74, 6) is -1.76. The number of alkyl halides is 1. The molecule has 7 heteroatoms. The van der Waals surface area contributed by atoms with Crippen LogP contribution in [0.25, 0.3) is 0 Å².